The Morgan fingerprint density at radius 1 is 1.08 bits per heavy atom. The van der Waals surface area contributed by atoms with Crippen LogP contribution in [0.4, 0.5) is 0 Å². The first-order chi connectivity index (χ1) is 12.3. The summed E-state index contributed by atoms with van der Waals surface area (Å²) in [4.78, 5) is 12.5. The molecule has 1 heterocycles. The number of amides is 1. The van der Waals surface area contributed by atoms with Crippen LogP contribution in [-0.2, 0) is 4.79 Å². The van der Waals surface area contributed by atoms with Gasteiger partial charge in [-0.3, -0.25) is 4.79 Å². The summed E-state index contributed by atoms with van der Waals surface area (Å²) in [6.45, 7) is 12.8. The summed E-state index contributed by atoms with van der Waals surface area (Å²) >= 11 is 1.42. The van der Waals surface area contributed by atoms with Crippen molar-refractivity contribution in [2.24, 2.45) is 5.92 Å². The van der Waals surface area contributed by atoms with Crippen molar-refractivity contribution in [3.05, 3.63) is 41.7 Å². The highest BCUT2D eigenvalue weighted by Crippen LogP contribution is 2.25. The van der Waals surface area contributed by atoms with Crippen LogP contribution in [-0.4, -0.2) is 26.4 Å². The molecule has 142 valence electrons. The maximum absolute atomic E-state index is 12.5. The number of nitrogens with one attached hydrogen (secondary N) is 1. The number of rotatable bonds is 8. The molecule has 0 aliphatic heterocycles. The molecule has 2 aromatic rings. The molecule has 6 heteroatoms. The van der Waals surface area contributed by atoms with Gasteiger partial charge in [-0.15, -0.1) is 10.2 Å². The third-order valence-electron chi connectivity index (χ3n) is 4.37. The number of benzene rings is 1. The van der Waals surface area contributed by atoms with Gasteiger partial charge in [-0.05, 0) is 36.8 Å². The van der Waals surface area contributed by atoms with Gasteiger partial charge in [0, 0.05) is 6.04 Å². The lowest BCUT2D eigenvalue weighted by Gasteiger charge is -2.23. The van der Waals surface area contributed by atoms with Crippen LogP contribution in [0.25, 0.3) is 0 Å². The van der Waals surface area contributed by atoms with Crippen LogP contribution < -0.4 is 5.32 Å². The fourth-order valence-electron chi connectivity index (χ4n) is 2.76. The lowest BCUT2D eigenvalue weighted by atomic mass is 9.93. The largest absolute Gasteiger partial charge is 0.348 e. The molecular weight excluding hydrogens is 344 g/mol. The van der Waals surface area contributed by atoms with Crippen LogP contribution >= 0.6 is 11.8 Å². The van der Waals surface area contributed by atoms with Crippen molar-refractivity contribution in [2.45, 2.75) is 64.7 Å². The van der Waals surface area contributed by atoms with E-state index in [-0.39, 0.29) is 18.0 Å². The molecule has 1 amide bonds. The van der Waals surface area contributed by atoms with E-state index in [0.29, 0.717) is 17.6 Å². The summed E-state index contributed by atoms with van der Waals surface area (Å²) in [5.74, 6) is 1.16. The first-order valence-electron chi connectivity index (χ1n) is 9.21. The van der Waals surface area contributed by atoms with Crippen LogP contribution in [0.2, 0.25) is 0 Å². The number of carbonyl (C=O) groups is 1. The number of aromatic nitrogens is 3. The molecule has 1 N–H and O–H groups in total. The van der Waals surface area contributed by atoms with E-state index in [1.165, 1.54) is 17.3 Å². The zero-order valence-electron chi connectivity index (χ0n) is 16.6. The highest BCUT2D eigenvalue weighted by atomic mass is 32.2. The Kier molecular flexibility index (Phi) is 7.26. The normalized spacial score (nSPS) is 12.8. The van der Waals surface area contributed by atoms with Crippen molar-refractivity contribution in [3.8, 4) is 0 Å². The topological polar surface area (TPSA) is 59.8 Å². The van der Waals surface area contributed by atoms with Gasteiger partial charge in [-0.1, -0.05) is 63.7 Å². The molecule has 2 rings (SSSR count). The van der Waals surface area contributed by atoms with E-state index in [1.54, 1.807) is 6.33 Å². The van der Waals surface area contributed by atoms with Gasteiger partial charge in [-0.25, -0.2) is 0 Å². The number of nitrogens with zero attached hydrogens (tertiary/aromatic N) is 3. The highest BCUT2D eigenvalue weighted by molar-refractivity contribution is 7.99. The highest BCUT2D eigenvalue weighted by Gasteiger charge is 2.19. The summed E-state index contributed by atoms with van der Waals surface area (Å²) in [6.07, 6.45) is 1.71. The lowest BCUT2D eigenvalue weighted by Crippen LogP contribution is -2.33. The van der Waals surface area contributed by atoms with E-state index in [1.807, 2.05) is 4.57 Å². The third kappa shape index (κ3) is 5.34. The fourth-order valence-corrected chi connectivity index (χ4v) is 3.61. The van der Waals surface area contributed by atoms with E-state index in [4.69, 9.17) is 0 Å². The number of hydrogen-bond donors (Lipinski definition) is 1. The number of thioether (sulfide) groups is 1. The van der Waals surface area contributed by atoms with Crippen molar-refractivity contribution in [1.29, 1.82) is 0 Å². The van der Waals surface area contributed by atoms with Crippen LogP contribution in [0.1, 0.15) is 70.7 Å². The van der Waals surface area contributed by atoms with Crippen molar-refractivity contribution in [1.82, 2.24) is 20.1 Å². The molecule has 5 nitrogen and oxygen atoms in total. The van der Waals surface area contributed by atoms with Crippen LogP contribution in [0.5, 0.6) is 0 Å². The van der Waals surface area contributed by atoms with Gasteiger partial charge in [0.25, 0.3) is 0 Å². The lowest BCUT2D eigenvalue weighted by molar-refractivity contribution is -0.119. The Balaban J connectivity index is 2.00. The molecule has 26 heavy (non-hydrogen) atoms. The molecule has 0 fully saturated rings. The minimum absolute atomic E-state index is 0.00674. The standard InChI is InChI=1S/C20H30N4OS/c1-13(2)16-7-9-17(10-8-16)19(14(3)4)22-18(25)11-26-20-23-21-12-24(20)15(5)6/h7-10,12-15,19H,11H2,1-6H3,(H,22,25). The predicted octanol–water partition coefficient (Wildman–Crippen LogP) is 4.59. The van der Waals surface area contributed by atoms with Crippen LogP contribution in [0.15, 0.2) is 35.7 Å². The Hall–Kier alpha value is -1.82. The van der Waals surface area contributed by atoms with Crippen molar-refractivity contribution >= 4 is 17.7 Å². The van der Waals surface area contributed by atoms with Gasteiger partial charge < -0.3 is 9.88 Å². The van der Waals surface area contributed by atoms with E-state index in [2.05, 4.69) is 81.3 Å². The molecule has 1 aromatic carbocycles. The molecule has 1 unspecified atom stereocenters. The second-order valence-electron chi connectivity index (χ2n) is 7.51. The quantitative estimate of drug-likeness (QED) is 0.687. The zero-order chi connectivity index (χ0) is 19.3. The second-order valence-corrected chi connectivity index (χ2v) is 8.46. The number of hydrogen-bond acceptors (Lipinski definition) is 4. The second kappa shape index (κ2) is 9.21. The molecular formula is C20H30N4OS. The summed E-state index contributed by atoms with van der Waals surface area (Å²) in [5, 5.41) is 12.0. The molecule has 1 atom stereocenters. The Morgan fingerprint density at radius 2 is 1.69 bits per heavy atom. The SMILES string of the molecule is CC(C)c1ccc(C(NC(=O)CSc2nncn2C(C)C)C(C)C)cc1. The zero-order valence-corrected chi connectivity index (χ0v) is 17.4. The van der Waals surface area contributed by atoms with Gasteiger partial charge >= 0.3 is 0 Å². The van der Waals surface area contributed by atoms with Gasteiger partial charge in [0.05, 0.1) is 11.8 Å². The first kappa shape index (κ1) is 20.5. The predicted molar refractivity (Wildman–Crippen MR) is 107 cm³/mol. The molecule has 0 saturated carbocycles. The minimum Gasteiger partial charge on any atom is -0.348 e. The molecule has 0 radical (unpaired) electrons. The van der Waals surface area contributed by atoms with Crippen molar-refractivity contribution < 1.29 is 4.79 Å². The molecule has 0 spiro atoms. The minimum atomic E-state index is 0.00674. The van der Waals surface area contributed by atoms with Gasteiger partial charge in [-0.2, -0.15) is 0 Å². The smallest absolute Gasteiger partial charge is 0.230 e. The molecule has 0 aliphatic carbocycles. The van der Waals surface area contributed by atoms with E-state index in [0.717, 1.165) is 10.7 Å². The van der Waals surface area contributed by atoms with E-state index < -0.39 is 0 Å². The molecule has 0 saturated heterocycles. The third-order valence-corrected chi connectivity index (χ3v) is 5.33. The Morgan fingerprint density at radius 3 is 2.23 bits per heavy atom. The van der Waals surface area contributed by atoms with Crippen LogP contribution in [0.3, 0.4) is 0 Å². The van der Waals surface area contributed by atoms with Gasteiger partial charge in [0.2, 0.25) is 5.91 Å². The summed E-state index contributed by atoms with van der Waals surface area (Å²) in [6, 6.07) is 8.85. The number of carbonyl (C=O) groups excluding carboxylic acids is 1. The Bertz CT molecular complexity index is 707. The summed E-state index contributed by atoms with van der Waals surface area (Å²) < 4.78 is 1.97. The summed E-state index contributed by atoms with van der Waals surface area (Å²) in [7, 11) is 0. The first-order valence-corrected chi connectivity index (χ1v) is 10.2. The van der Waals surface area contributed by atoms with Crippen LogP contribution in [0, 0.1) is 5.92 Å². The molecule has 1 aromatic heterocycles. The maximum atomic E-state index is 12.5. The van der Waals surface area contributed by atoms with Crippen molar-refractivity contribution in [2.75, 3.05) is 5.75 Å². The van der Waals surface area contributed by atoms with Gasteiger partial charge in [0.1, 0.15) is 6.33 Å². The van der Waals surface area contributed by atoms with Gasteiger partial charge in [0.15, 0.2) is 5.16 Å². The monoisotopic (exact) mass is 374 g/mol. The maximum Gasteiger partial charge on any atom is 0.230 e. The average Bonchev–Trinajstić information content (AvgIpc) is 3.06. The average molecular weight is 375 g/mol. The fraction of sp³-hybridized carbons (Fsp3) is 0.550. The van der Waals surface area contributed by atoms with E-state index >= 15 is 0 Å². The summed E-state index contributed by atoms with van der Waals surface area (Å²) in [5.41, 5.74) is 2.46. The van der Waals surface area contributed by atoms with Crippen molar-refractivity contribution in [3.63, 3.8) is 0 Å². The van der Waals surface area contributed by atoms with E-state index in [9.17, 15) is 4.79 Å². The Labute approximate surface area is 161 Å². The molecule has 0 aliphatic rings. The molecule has 0 bridgehead atoms.